The fourth-order valence-electron chi connectivity index (χ4n) is 2.59. The molecule has 0 aliphatic heterocycles. The molecular weight excluding hydrogens is 330 g/mol. The van der Waals surface area contributed by atoms with Crippen molar-refractivity contribution in [2.75, 3.05) is 0 Å². The molecular formula is C17H16ClN3OS. The van der Waals surface area contributed by atoms with Crippen molar-refractivity contribution in [3.63, 3.8) is 0 Å². The van der Waals surface area contributed by atoms with Crippen molar-refractivity contribution in [1.29, 1.82) is 0 Å². The van der Waals surface area contributed by atoms with E-state index in [1.54, 1.807) is 11.3 Å². The molecule has 0 saturated carbocycles. The minimum absolute atomic E-state index is 0.436. The minimum Gasteiger partial charge on any atom is -0.366 e. The van der Waals surface area contributed by atoms with Crippen LogP contribution in [0.4, 0.5) is 0 Å². The molecule has 3 aromatic rings. The molecule has 0 fully saturated rings. The Morgan fingerprint density at radius 1 is 1.35 bits per heavy atom. The zero-order valence-electron chi connectivity index (χ0n) is 12.8. The number of rotatable bonds is 4. The van der Waals surface area contributed by atoms with Gasteiger partial charge in [0.2, 0.25) is 0 Å². The molecule has 0 spiro atoms. The lowest BCUT2D eigenvalue weighted by atomic mass is 10.2. The zero-order chi connectivity index (χ0) is 16.6. The summed E-state index contributed by atoms with van der Waals surface area (Å²) in [5, 5.41) is 3.66. The van der Waals surface area contributed by atoms with Crippen molar-refractivity contribution in [2.24, 2.45) is 5.73 Å². The smallest absolute Gasteiger partial charge is 0.250 e. The van der Waals surface area contributed by atoms with Crippen LogP contribution in [0.2, 0.25) is 5.02 Å². The van der Waals surface area contributed by atoms with E-state index >= 15 is 0 Å². The summed E-state index contributed by atoms with van der Waals surface area (Å²) in [5.41, 5.74) is 9.54. The van der Waals surface area contributed by atoms with Gasteiger partial charge in [-0.05, 0) is 31.5 Å². The van der Waals surface area contributed by atoms with E-state index in [-0.39, 0.29) is 0 Å². The maximum Gasteiger partial charge on any atom is 0.250 e. The molecule has 6 heteroatoms. The molecule has 118 valence electrons. The number of aromatic nitrogens is 2. The van der Waals surface area contributed by atoms with Crippen LogP contribution < -0.4 is 5.73 Å². The summed E-state index contributed by atoms with van der Waals surface area (Å²) in [7, 11) is 0. The first-order valence-electron chi connectivity index (χ1n) is 7.13. The summed E-state index contributed by atoms with van der Waals surface area (Å²) in [5.74, 6) is -0.436. The molecule has 1 amide bonds. The molecule has 3 rings (SSSR count). The van der Waals surface area contributed by atoms with Crippen LogP contribution in [0.25, 0.3) is 11.4 Å². The quantitative estimate of drug-likeness (QED) is 0.776. The summed E-state index contributed by atoms with van der Waals surface area (Å²) in [6, 6.07) is 9.48. The van der Waals surface area contributed by atoms with E-state index in [2.05, 4.69) is 4.98 Å². The van der Waals surface area contributed by atoms with Crippen molar-refractivity contribution in [2.45, 2.75) is 20.4 Å². The molecule has 4 nitrogen and oxygen atoms in total. The number of halogens is 1. The van der Waals surface area contributed by atoms with E-state index in [0.29, 0.717) is 17.1 Å². The monoisotopic (exact) mass is 345 g/mol. The Morgan fingerprint density at radius 2 is 2.09 bits per heavy atom. The number of carbonyl (C=O) groups is 1. The summed E-state index contributed by atoms with van der Waals surface area (Å²) >= 11 is 7.85. The molecule has 0 atom stereocenters. The Hall–Kier alpha value is -2.11. The third-order valence-electron chi connectivity index (χ3n) is 3.80. The predicted molar refractivity (Wildman–Crippen MR) is 94.1 cm³/mol. The van der Waals surface area contributed by atoms with Crippen molar-refractivity contribution in [1.82, 2.24) is 9.55 Å². The number of hydrogen-bond donors (Lipinski definition) is 1. The van der Waals surface area contributed by atoms with Crippen LogP contribution in [0.15, 0.2) is 35.7 Å². The lowest BCUT2D eigenvalue weighted by Crippen LogP contribution is -2.12. The van der Waals surface area contributed by atoms with Crippen LogP contribution in [0.1, 0.15) is 26.6 Å². The van der Waals surface area contributed by atoms with E-state index in [1.165, 1.54) is 0 Å². The molecule has 0 saturated heterocycles. The maximum absolute atomic E-state index is 11.7. The Labute approximate surface area is 143 Å². The lowest BCUT2D eigenvalue weighted by molar-refractivity contribution is 0.0999. The molecule has 0 unspecified atom stereocenters. The Bertz CT molecular complexity index is 882. The van der Waals surface area contributed by atoms with Gasteiger partial charge in [0, 0.05) is 22.6 Å². The topological polar surface area (TPSA) is 60.9 Å². The van der Waals surface area contributed by atoms with Gasteiger partial charge in [-0.15, -0.1) is 11.3 Å². The third kappa shape index (κ3) is 3.02. The largest absolute Gasteiger partial charge is 0.366 e. The van der Waals surface area contributed by atoms with E-state index in [9.17, 15) is 4.79 Å². The van der Waals surface area contributed by atoms with Crippen molar-refractivity contribution in [3.8, 4) is 11.4 Å². The fraction of sp³-hybridized carbons (Fsp3) is 0.176. The number of benzene rings is 1. The number of hydrogen-bond acceptors (Lipinski definition) is 3. The van der Waals surface area contributed by atoms with Crippen molar-refractivity contribution in [3.05, 3.63) is 62.6 Å². The van der Waals surface area contributed by atoms with Gasteiger partial charge in [0.15, 0.2) is 0 Å². The van der Waals surface area contributed by atoms with E-state index < -0.39 is 5.91 Å². The Kier molecular flexibility index (Phi) is 4.24. The second-order valence-electron chi connectivity index (χ2n) is 5.32. The summed E-state index contributed by atoms with van der Waals surface area (Å²) in [6.45, 7) is 4.40. The van der Waals surface area contributed by atoms with Crippen molar-refractivity contribution >= 4 is 28.8 Å². The van der Waals surface area contributed by atoms with Gasteiger partial charge in [0.05, 0.1) is 22.0 Å². The average molecular weight is 346 g/mol. The normalized spacial score (nSPS) is 10.9. The van der Waals surface area contributed by atoms with Gasteiger partial charge in [0.1, 0.15) is 0 Å². The molecule has 0 radical (unpaired) electrons. The molecule has 2 aromatic heterocycles. The van der Waals surface area contributed by atoms with Crippen LogP contribution >= 0.6 is 22.9 Å². The van der Waals surface area contributed by atoms with Gasteiger partial charge in [-0.25, -0.2) is 4.98 Å². The van der Waals surface area contributed by atoms with E-state index in [1.807, 2.05) is 54.1 Å². The van der Waals surface area contributed by atoms with Crippen LogP contribution in [0.3, 0.4) is 0 Å². The molecule has 2 heterocycles. The standard InChI is InChI=1S/C17H16ClN3OS/c1-10-13(17(19)22)7-16(15-9-23-11(2)20-15)21(10)8-12-5-3-4-6-14(12)18/h3-7,9H,8H2,1-2H3,(H2,19,22). The highest BCUT2D eigenvalue weighted by atomic mass is 35.5. The number of thiazole rings is 1. The molecule has 1 aromatic carbocycles. The van der Waals surface area contributed by atoms with Gasteiger partial charge in [-0.3, -0.25) is 4.79 Å². The lowest BCUT2D eigenvalue weighted by Gasteiger charge is -2.12. The number of primary amides is 1. The molecule has 0 aliphatic carbocycles. The highest BCUT2D eigenvalue weighted by molar-refractivity contribution is 7.09. The summed E-state index contributed by atoms with van der Waals surface area (Å²) in [6.07, 6.45) is 0. The molecule has 2 N–H and O–H groups in total. The second-order valence-corrected chi connectivity index (χ2v) is 6.79. The first kappa shape index (κ1) is 15.8. The summed E-state index contributed by atoms with van der Waals surface area (Å²) < 4.78 is 2.04. The van der Waals surface area contributed by atoms with Gasteiger partial charge < -0.3 is 10.3 Å². The van der Waals surface area contributed by atoms with Gasteiger partial charge in [0.25, 0.3) is 5.91 Å². The van der Waals surface area contributed by atoms with Crippen LogP contribution in [-0.2, 0) is 6.54 Å². The highest BCUT2D eigenvalue weighted by Gasteiger charge is 2.19. The van der Waals surface area contributed by atoms with E-state index in [0.717, 1.165) is 27.7 Å². The van der Waals surface area contributed by atoms with Gasteiger partial charge in [-0.2, -0.15) is 0 Å². The first-order valence-corrected chi connectivity index (χ1v) is 8.39. The molecule has 0 bridgehead atoms. The van der Waals surface area contributed by atoms with Crippen molar-refractivity contribution < 1.29 is 4.79 Å². The second kappa shape index (κ2) is 6.18. The number of aryl methyl sites for hydroxylation is 1. The summed E-state index contributed by atoms with van der Waals surface area (Å²) in [4.78, 5) is 16.2. The van der Waals surface area contributed by atoms with Crippen LogP contribution in [0.5, 0.6) is 0 Å². The van der Waals surface area contributed by atoms with Crippen LogP contribution in [0, 0.1) is 13.8 Å². The fourth-order valence-corrected chi connectivity index (χ4v) is 3.39. The Balaban J connectivity index is 2.14. The van der Waals surface area contributed by atoms with E-state index in [4.69, 9.17) is 17.3 Å². The molecule has 23 heavy (non-hydrogen) atoms. The number of carbonyl (C=O) groups excluding carboxylic acids is 1. The zero-order valence-corrected chi connectivity index (χ0v) is 14.4. The Morgan fingerprint density at radius 3 is 2.70 bits per heavy atom. The minimum atomic E-state index is -0.436. The number of nitrogens with zero attached hydrogens (tertiary/aromatic N) is 2. The predicted octanol–water partition coefficient (Wildman–Crippen LogP) is 4.03. The number of amides is 1. The maximum atomic E-state index is 11.7. The third-order valence-corrected chi connectivity index (χ3v) is 4.94. The van der Waals surface area contributed by atoms with Gasteiger partial charge >= 0.3 is 0 Å². The van der Waals surface area contributed by atoms with Gasteiger partial charge in [-0.1, -0.05) is 29.8 Å². The SMILES string of the molecule is Cc1nc(-c2cc(C(N)=O)c(C)n2Cc2ccccc2Cl)cs1. The van der Waals surface area contributed by atoms with Crippen LogP contribution in [-0.4, -0.2) is 15.5 Å². The number of nitrogens with two attached hydrogens (primary N) is 1. The molecule has 0 aliphatic rings. The highest BCUT2D eigenvalue weighted by Crippen LogP contribution is 2.29. The average Bonchev–Trinajstić information content (AvgIpc) is 3.06. The first-order chi connectivity index (χ1) is 11.0.